The normalized spacial score (nSPS) is 11.1. The van der Waals surface area contributed by atoms with E-state index < -0.39 is 0 Å². The van der Waals surface area contributed by atoms with Crippen molar-refractivity contribution < 1.29 is 4.92 Å². The predicted octanol–water partition coefficient (Wildman–Crippen LogP) is 2.90. The van der Waals surface area contributed by atoms with Crippen molar-refractivity contribution in [2.45, 2.75) is 40.3 Å². The highest BCUT2D eigenvalue weighted by Crippen LogP contribution is 2.25. The molecule has 2 rings (SSSR count). The van der Waals surface area contributed by atoms with Gasteiger partial charge in [0.05, 0.1) is 10.6 Å². The summed E-state index contributed by atoms with van der Waals surface area (Å²) >= 11 is 0. The number of benzene rings is 1. The van der Waals surface area contributed by atoms with Crippen LogP contribution in [0.3, 0.4) is 0 Å². The number of para-hydroxylation sites is 2. The molecule has 0 saturated heterocycles. The van der Waals surface area contributed by atoms with E-state index in [-0.39, 0.29) is 10.6 Å². The zero-order valence-corrected chi connectivity index (χ0v) is 12.8. The van der Waals surface area contributed by atoms with Crippen LogP contribution in [0.1, 0.15) is 30.8 Å². The van der Waals surface area contributed by atoms with Crippen molar-refractivity contribution in [1.82, 2.24) is 15.1 Å². The fraction of sp³-hybridized carbons (Fsp3) is 0.400. The number of nitro benzene ring substituents is 1. The zero-order valence-electron chi connectivity index (χ0n) is 12.8. The van der Waals surface area contributed by atoms with Gasteiger partial charge in [-0.3, -0.25) is 10.1 Å². The van der Waals surface area contributed by atoms with Crippen LogP contribution >= 0.6 is 0 Å². The number of aryl methyl sites for hydroxylation is 1. The van der Waals surface area contributed by atoms with Gasteiger partial charge in [-0.25, -0.2) is 4.68 Å². The predicted molar refractivity (Wildman–Crippen MR) is 81.7 cm³/mol. The molecular formula is C15H20N4O2. The summed E-state index contributed by atoms with van der Waals surface area (Å²) < 4.78 is 1.66. The first-order valence-corrected chi connectivity index (χ1v) is 6.94. The van der Waals surface area contributed by atoms with E-state index in [1.807, 2.05) is 13.8 Å². The SMILES string of the molecule is Cc1nn(-c2ccccc2[N+](=O)[O-])c(C)c1CNC(C)C. The highest BCUT2D eigenvalue weighted by atomic mass is 16.6. The Kier molecular flexibility index (Phi) is 4.37. The van der Waals surface area contributed by atoms with Crippen LogP contribution < -0.4 is 5.32 Å². The number of rotatable bonds is 5. The molecule has 0 amide bonds. The molecule has 0 aliphatic rings. The number of hydrogen-bond acceptors (Lipinski definition) is 4. The molecule has 0 fully saturated rings. The minimum Gasteiger partial charge on any atom is -0.310 e. The summed E-state index contributed by atoms with van der Waals surface area (Å²) in [4.78, 5) is 10.8. The molecule has 0 atom stereocenters. The van der Waals surface area contributed by atoms with Gasteiger partial charge in [0, 0.05) is 29.9 Å². The van der Waals surface area contributed by atoms with Crippen LogP contribution in [0.5, 0.6) is 0 Å². The van der Waals surface area contributed by atoms with Gasteiger partial charge in [0.25, 0.3) is 5.69 Å². The summed E-state index contributed by atoms with van der Waals surface area (Å²) in [5.74, 6) is 0. The largest absolute Gasteiger partial charge is 0.310 e. The maximum absolute atomic E-state index is 11.2. The first-order valence-electron chi connectivity index (χ1n) is 6.94. The van der Waals surface area contributed by atoms with Gasteiger partial charge in [-0.05, 0) is 19.9 Å². The molecule has 0 bridgehead atoms. The van der Waals surface area contributed by atoms with E-state index in [1.54, 1.807) is 22.9 Å². The van der Waals surface area contributed by atoms with Crippen molar-refractivity contribution in [3.63, 3.8) is 0 Å². The summed E-state index contributed by atoms with van der Waals surface area (Å²) in [5, 5.41) is 19.0. The Morgan fingerprint density at radius 1 is 1.33 bits per heavy atom. The average Bonchev–Trinajstić information content (AvgIpc) is 2.71. The molecule has 0 radical (unpaired) electrons. The Bertz CT molecular complexity index is 662. The summed E-state index contributed by atoms with van der Waals surface area (Å²) in [5.41, 5.74) is 3.46. The van der Waals surface area contributed by atoms with Crippen LogP contribution in [0.15, 0.2) is 24.3 Å². The number of nitrogens with zero attached hydrogens (tertiary/aromatic N) is 3. The van der Waals surface area contributed by atoms with Gasteiger partial charge in [0.15, 0.2) is 0 Å². The molecule has 1 aromatic heterocycles. The summed E-state index contributed by atoms with van der Waals surface area (Å²) in [7, 11) is 0. The van der Waals surface area contributed by atoms with Gasteiger partial charge in [-0.15, -0.1) is 0 Å². The second kappa shape index (κ2) is 6.05. The van der Waals surface area contributed by atoms with E-state index in [4.69, 9.17) is 0 Å². The van der Waals surface area contributed by atoms with E-state index in [0.29, 0.717) is 18.3 Å². The first-order chi connectivity index (χ1) is 9.91. The van der Waals surface area contributed by atoms with Crippen molar-refractivity contribution in [1.29, 1.82) is 0 Å². The zero-order chi connectivity index (χ0) is 15.6. The third kappa shape index (κ3) is 3.11. The smallest absolute Gasteiger partial charge is 0.294 e. The van der Waals surface area contributed by atoms with E-state index in [1.165, 1.54) is 6.07 Å². The highest BCUT2D eigenvalue weighted by Gasteiger charge is 2.19. The Morgan fingerprint density at radius 3 is 2.62 bits per heavy atom. The molecule has 0 unspecified atom stereocenters. The van der Waals surface area contributed by atoms with Gasteiger partial charge < -0.3 is 5.32 Å². The fourth-order valence-corrected chi connectivity index (χ4v) is 2.27. The number of hydrogen-bond donors (Lipinski definition) is 1. The molecule has 1 aromatic carbocycles. The minimum absolute atomic E-state index is 0.0615. The quantitative estimate of drug-likeness (QED) is 0.678. The van der Waals surface area contributed by atoms with Crippen LogP contribution in [0.2, 0.25) is 0 Å². The van der Waals surface area contributed by atoms with Crippen LogP contribution in [-0.4, -0.2) is 20.7 Å². The third-order valence-corrected chi connectivity index (χ3v) is 3.43. The number of aromatic nitrogens is 2. The van der Waals surface area contributed by atoms with E-state index in [2.05, 4.69) is 24.3 Å². The Morgan fingerprint density at radius 2 is 2.00 bits per heavy atom. The van der Waals surface area contributed by atoms with Crippen molar-refractivity contribution in [2.24, 2.45) is 0 Å². The highest BCUT2D eigenvalue weighted by molar-refractivity contribution is 5.53. The lowest BCUT2D eigenvalue weighted by molar-refractivity contribution is -0.384. The molecule has 1 heterocycles. The number of nitrogens with one attached hydrogen (secondary N) is 1. The van der Waals surface area contributed by atoms with Crippen LogP contribution in [0.25, 0.3) is 5.69 Å². The van der Waals surface area contributed by atoms with Gasteiger partial charge in [0.2, 0.25) is 0 Å². The monoisotopic (exact) mass is 288 g/mol. The summed E-state index contributed by atoms with van der Waals surface area (Å²) in [6.45, 7) is 8.73. The van der Waals surface area contributed by atoms with Crippen LogP contribution in [-0.2, 0) is 6.54 Å². The molecule has 6 heteroatoms. The third-order valence-electron chi connectivity index (χ3n) is 3.43. The average molecular weight is 288 g/mol. The maximum Gasteiger partial charge on any atom is 0.294 e. The summed E-state index contributed by atoms with van der Waals surface area (Å²) in [6, 6.07) is 7.03. The Balaban J connectivity index is 2.47. The molecule has 112 valence electrons. The van der Waals surface area contributed by atoms with Crippen LogP contribution in [0, 0.1) is 24.0 Å². The lowest BCUT2D eigenvalue weighted by atomic mass is 10.2. The van der Waals surface area contributed by atoms with Crippen molar-refractivity contribution in [2.75, 3.05) is 0 Å². The molecule has 21 heavy (non-hydrogen) atoms. The van der Waals surface area contributed by atoms with Crippen molar-refractivity contribution >= 4 is 5.69 Å². The molecule has 0 saturated carbocycles. The molecule has 0 aliphatic carbocycles. The molecule has 0 aliphatic heterocycles. The van der Waals surface area contributed by atoms with Gasteiger partial charge in [-0.1, -0.05) is 26.0 Å². The minimum atomic E-state index is -0.377. The van der Waals surface area contributed by atoms with E-state index in [0.717, 1.165) is 17.0 Å². The second-order valence-electron chi connectivity index (χ2n) is 5.34. The van der Waals surface area contributed by atoms with Gasteiger partial charge in [0.1, 0.15) is 5.69 Å². The van der Waals surface area contributed by atoms with E-state index in [9.17, 15) is 10.1 Å². The molecule has 2 aromatic rings. The molecule has 1 N–H and O–H groups in total. The summed E-state index contributed by atoms with van der Waals surface area (Å²) in [6.07, 6.45) is 0. The lowest BCUT2D eigenvalue weighted by Crippen LogP contribution is -2.22. The lowest BCUT2D eigenvalue weighted by Gasteiger charge is -2.09. The molecule has 6 nitrogen and oxygen atoms in total. The van der Waals surface area contributed by atoms with Gasteiger partial charge >= 0.3 is 0 Å². The molecular weight excluding hydrogens is 268 g/mol. The molecule has 0 spiro atoms. The second-order valence-corrected chi connectivity index (χ2v) is 5.34. The van der Waals surface area contributed by atoms with Crippen LogP contribution in [0.4, 0.5) is 5.69 Å². The standard InChI is InChI=1S/C15H20N4O2/c1-10(2)16-9-13-11(3)17-18(12(13)4)14-7-5-6-8-15(14)19(20)21/h5-8,10,16H,9H2,1-4H3. The first kappa shape index (κ1) is 15.2. The number of nitro groups is 1. The Hall–Kier alpha value is -2.21. The van der Waals surface area contributed by atoms with E-state index >= 15 is 0 Å². The van der Waals surface area contributed by atoms with Gasteiger partial charge in [-0.2, -0.15) is 5.10 Å². The van der Waals surface area contributed by atoms with Crippen molar-refractivity contribution in [3.05, 3.63) is 51.3 Å². The Labute approximate surface area is 123 Å². The maximum atomic E-state index is 11.2. The van der Waals surface area contributed by atoms with Crippen molar-refractivity contribution in [3.8, 4) is 5.69 Å². The fourth-order valence-electron chi connectivity index (χ4n) is 2.27. The topological polar surface area (TPSA) is 73.0 Å².